The van der Waals surface area contributed by atoms with Gasteiger partial charge in [-0.05, 0) is 81.6 Å². The zero-order chi connectivity index (χ0) is 26.5. The summed E-state index contributed by atoms with van der Waals surface area (Å²) in [5, 5.41) is 1.95. The third-order valence-electron chi connectivity index (χ3n) is 6.79. The van der Waals surface area contributed by atoms with Crippen molar-refractivity contribution in [3.63, 3.8) is 0 Å². The average Bonchev–Trinajstić information content (AvgIpc) is 3.49. The van der Waals surface area contributed by atoms with Crippen molar-refractivity contribution >= 4 is 21.9 Å². The summed E-state index contributed by atoms with van der Waals surface area (Å²) in [6, 6.07) is 17.6. The Labute approximate surface area is 222 Å². The third kappa shape index (κ3) is 5.69. The molecule has 0 aliphatic carbocycles. The SMILES string of the molecule is CCOCc1cc2cc(OCc3oc4cccc(OCCCC(C)(N)c5cccnc5)c4c3C)ccc2o1. The molecule has 5 aromatic rings. The van der Waals surface area contributed by atoms with Crippen LogP contribution in [0.25, 0.3) is 21.9 Å². The van der Waals surface area contributed by atoms with Crippen molar-refractivity contribution in [2.24, 2.45) is 5.73 Å². The van der Waals surface area contributed by atoms with Crippen molar-refractivity contribution in [1.82, 2.24) is 4.98 Å². The molecule has 2 N–H and O–H groups in total. The van der Waals surface area contributed by atoms with E-state index in [-0.39, 0.29) is 0 Å². The van der Waals surface area contributed by atoms with Gasteiger partial charge in [-0.2, -0.15) is 0 Å². The van der Waals surface area contributed by atoms with Crippen LogP contribution in [0.15, 0.2) is 75.8 Å². The zero-order valence-electron chi connectivity index (χ0n) is 22.2. The molecular formula is C31H34N2O5. The molecule has 3 heterocycles. The molecule has 1 atom stereocenters. The molecule has 7 nitrogen and oxygen atoms in total. The molecule has 0 bridgehead atoms. The lowest BCUT2D eigenvalue weighted by Crippen LogP contribution is -2.33. The second kappa shape index (κ2) is 11.3. The van der Waals surface area contributed by atoms with Crippen LogP contribution >= 0.6 is 0 Å². The van der Waals surface area contributed by atoms with Gasteiger partial charge >= 0.3 is 0 Å². The second-order valence-corrected chi connectivity index (χ2v) is 9.73. The Morgan fingerprint density at radius 3 is 2.68 bits per heavy atom. The first-order valence-electron chi connectivity index (χ1n) is 13.0. The molecule has 0 spiro atoms. The fraction of sp³-hybridized carbons (Fsp3) is 0.323. The molecule has 5 rings (SSSR count). The Hall–Kier alpha value is -3.81. The lowest BCUT2D eigenvalue weighted by Gasteiger charge is -2.24. The highest BCUT2D eigenvalue weighted by Gasteiger charge is 2.21. The Kier molecular flexibility index (Phi) is 7.67. The minimum atomic E-state index is -0.454. The number of aromatic nitrogens is 1. The van der Waals surface area contributed by atoms with Gasteiger partial charge in [0.05, 0.1) is 12.0 Å². The van der Waals surface area contributed by atoms with E-state index < -0.39 is 5.54 Å². The molecule has 0 saturated carbocycles. The van der Waals surface area contributed by atoms with E-state index in [1.165, 1.54) is 0 Å². The fourth-order valence-electron chi connectivity index (χ4n) is 4.63. The highest BCUT2D eigenvalue weighted by molar-refractivity contribution is 5.88. The molecular weight excluding hydrogens is 480 g/mol. The normalized spacial score (nSPS) is 13.2. The quantitative estimate of drug-likeness (QED) is 0.179. The van der Waals surface area contributed by atoms with Crippen LogP contribution in [0.5, 0.6) is 11.5 Å². The molecule has 0 aliphatic rings. The van der Waals surface area contributed by atoms with Crippen molar-refractivity contribution in [2.45, 2.75) is 52.4 Å². The van der Waals surface area contributed by atoms with Gasteiger partial charge in [-0.25, -0.2) is 0 Å². The van der Waals surface area contributed by atoms with Crippen LogP contribution in [0.4, 0.5) is 0 Å². The molecule has 0 saturated heterocycles. The van der Waals surface area contributed by atoms with Crippen molar-refractivity contribution in [3.05, 3.63) is 89.6 Å². The highest BCUT2D eigenvalue weighted by atomic mass is 16.5. The summed E-state index contributed by atoms with van der Waals surface area (Å²) >= 11 is 0. The number of fused-ring (bicyclic) bond motifs is 2. The number of aryl methyl sites for hydroxylation is 1. The van der Waals surface area contributed by atoms with Gasteiger partial charge in [0.15, 0.2) is 0 Å². The van der Waals surface area contributed by atoms with Crippen LogP contribution in [0.3, 0.4) is 0 Å². The number of benzene rings is 2. The van der Waals surface area contributed by atoms with Gasteiger partial charge in [0, 0.05) is 35.5 Å². The van der Waals surface area contributed by atoms with Gasteiger partial charge in [-0.15, -0.1) is 0 Å². The van der Waals surface area contributed by atoms with Gasteiger partial charge < -0.3 is 28.8 Å². The Morgan fingerprint density at radius 2 is 1.87 bits per heavy atom. The van der Waals surface area contributed by atoms with Gasteiger partial charge in [-0.3, -0.25) is 4.98 Å². The van der Waals surface area contributed by atoms with Gasteiger partial charge in [-0.1, -0.05) is 12.1 Å². The number of nitrogens with zero attached hydrogens (tertiary/aromatic N) is 1. The molecule has 2 aromatic carbocycles. The molecule has 1 unspecified atom stereocenters. The van der Waals surface area contributed by atoms with Crippen LogP contribution in [-0.4, -0.2) is 18.2 Å². The molecule has 198 valence electrons. The summed E-state index contributed by atoms with van der Waals surface area (Å²) in [5.41, 5.74) is 9.70. The van der Waals surface area contributed by atoms with E-state index in [1.807, 2.05) is 81.6 Å². The topological polar surface area (TPSA) is 92.9 Å². The first-order valence-corrected chi connectivity index (χ1v) is 13.0. The standard InChI is InChI=1S/C31H34N2O5/c1-4-34-19-25-17-22-16-24(11-12-26(22)37-25)36-20-29-21(2)30-27(9-5-10-28(30)38-29)35-15-7-13-31(3,32)23-8-6-14-33-18-23/h5-6,8-12,14,16-18H,4,7,13,15,19-20,32H2,1-3H3. The minimum Gasteiger partial charge on any atom is -0.493 e. The summed E-state index contributed by atoms with van der Waals surface area (Å²) in [7, 11) is 0. The molecule has 3 aromatic heterocycles. The van der Waals surface area contributed by atoms with Crippen LogP contribution in [0.1, 0.15) is 49.3 Å². The van der Waals surface area contributed by atoms with Crippen LogP contribution in [-0.2, 0) is 23.5 Å². The zero-order valence-corrected chi connectivity index (χ0v) is 22.2. The molecule has 7 heteroatoms. The van der Waals surface area contributed by atoms with Crippen molar-refractivity contribution in [3.8, 4) is 11.5 Å². The maximum absolute atomic E-state index is 6.53. The van der Waals surface area contributed by atoms with Crippen molar-refractivity contribution in [1.29, 1.82) is 0 Å². The van der Waals surface area contributed by atoms with Gasteiger partial charge in [0.1, 0.15) is 47.4 Å². The van der Waals surface area contributed by atoms with Crippen LogP contribution in [0.2, 0.25) is 0 Å². The van der Waals surface area contributed by atoms with Crippen molar-refractivity contribution in [2.75, 3.05) is 13.2 Å². The number of pyridine rings is 1. The van der Waals surface area contributed by atoms with Gasteiger partial charge in [0.2, 0.25) is 0 Å². The molecule has 0 amide bonds. The van der Waals surface area contributed by atoms with Crippen molar-refractivity contribution < 1.29 is 23.0 Å². The fourth-order valence-corrected chi connectivity index (χ4v) is 4.63. The lowest BCUT2D eigenvalue weighted by atomic mass is 9.90. The first kappa shape index (κ1) is 25.8. The molecule has 0 fully saturated rings. The number of ether oxygens (including phenoxy) is 3. The van der Waals surface area contributed by atoms with E-state index in [0.29, 0.717) is 26.4 Å². The summed E-state index contributed by atoms with van der Waals surface area (Å²) in [5.74, 6) is 3.12. The van der Waals surface area contributed by atoms with Crippen LogP contribution in [0, 0.1) is 6.92 Å². The summed E-state index contributed by atoms with van der Waals surface area (Å²) in [6.45, 7) is 8.00. The second-order valence-electron chi connectivity index (χ2n) is 9.73. The number of hydrogen-bond acceptors (Lipinski definition) is 7. The van der Waals surface area contributed by atoms with E-state index >= 15 is 0 Å². The maximum atomic E-state index is 6.53. The molecule has 38 heavy (non-hydrogen) atoms. The Bertz CT molecular complexity index is 1500. The smallest absolute Gasteiger partial charge is 0.146 e. The summed E-state index contributed by atoms with van der Waals surface area (Å²) in [6.07, 6.45) is 5.18. The Morgan fingerprint density at radius 1 is 0.974 bits per heavy atom. The lowest BCUT2D eigenvalue weighted by molar-refractivity contribution is 0.119. The highest BCUT2D eigenvalue weighted by Crippen LogP contribution is 2.34. The van der Waals surface area contributed by atoms with E-state index in [4.69, 9.17) is 28.8 Å². The third-order valence-corrected chi connectivity index (χ3v) is 6.79. The van der Waals surface area contributed by atoms with Crippen LogP contribution < -0.4 is 15.2 Å². The molecule has 0 radical (unpaired) electrons. The van der Waals surface area contributed by atoms with E-state index in [2.05, 4.69) is 4.98 Å². The van der Waals surface area contributed by atoms with E-state index in [1.54, 1.807) is 6.20 Å². The maximum Gasteiger partial charge on any atom is 0.146 e. The summed E-state index contributed by atoms with van der Waals surface area (Å²) in [4.78, 5) is 4.19. The van der Waals surface area contributed by atoms with E-state index in [9.17, 15) is 0 Å². The number of rotatable bonds is 12. The molecule has 0 aliphatic heterocycles. The minimum absolute atomic E-state index is 0.311. The number of furan rings is 2. The summed E-state index contributed by atoms with van der Waals surface area (Å²) < 4.78 is 29.7. The van der Waals surface area contributed by atoms with Gasteiger partial charge in [0.25, 0.3) is 0 Å². The Balaban J connectivity index is 1.23. The predicted octanol–water partition coefficient (Wildman–Crippen LogP) is 7.03. The number of nitrogens with two attached hydrogens (primary N) is 1. The first-order chi connectivity index (χ1) is 18.4. The monoisotopic (exact) mass is 514 g/mol. The average molecular weight is 515 g/mol. The number of hydrogen-bond donors (Lipinski definition) is 1. The predicted molar refractivity (Wildman–Crippen MR) is 147 cm³/mol. The largest absolute Gasteiger partial charge is 0.493 e. The van der Waals surface area contributed by atoms with E-state index in [0.717, 1.165) is 68.9 Å².